The summed E-state index contributed by atoms with van der Waals surface area (Å²) in [4.78, 5) is 0. The highest BCUT2D eigenvalue weighted by molar-refractivity contribution is 6.30. The highest BCUT2D eigenvalue weighted by Crippen LogP contribution is 2.57. The molecule has 126 valence electrons. The Kier molecular flexibility index (Phi) is 3.21. The molecule has 0 spiro atoms. The van der Waals surface area contributed by atoms with Gasteiger partial charge in [0.15, 0.2) is 0 Å². The van der Waals surface area contributed by atoms with E-state index in [1.165, 1.54) is 40.6 Å². The summed E-state index contributed by atoms with van der Waals surface area (Å²) >= 11 is 6.19. The van der Waals surface area contributed by atoms with Crippen molar-refractivity contribution in [3.63, 3.8) is 0 Å². The van der Waals surface area contributed by atoms with E-state index in [1.807, 2.05) is 12.1 Å². The van der Waals surface area contributed by atoms with Gasteiger partial charge in [-0.1, -0.05) is 61.0 Å². The molecule has 2 aliphatic carbocycles. The normalized spacial score (nSPS) is 25.3. The maximum atomic E-state index is 6.19. The Balaban J connectivity index is 1.88. The molecule has 0 N–H and O–H groups in total. The molecule has 1 saturated carbocycles. The molecule has 3 aromatic rings. The third-order valence-corrected chi connectivity index (χ3v) is 6.44. The van der Waals surface area contributed by atoms with Gasteiger partial charge in [0.25, 0.3) is 0 Å². The van der Waals surface area contributed by atoms with E-state index < -0.39 is 0 Å². The molecule has 2 unspecified atom stereocenters. The molecule has 0 aliphatic heterocycles. The van der Waals surface area contributed by atoms with Crippen LogP contribution >= 0.6 is 11.6 Å². The quantitative estimate of drug-likeness (QED) is 0.486. The molecular weight excluding hydrogens is 326 g/mol. The van der Waals surface area contributed by atoms with Crippen molar-refractivity contribution in [3.05, 3.63) is 82.5 Å². The van der Waals surface area contributed by atoms with E-state index in [0.717, 1.165) is 5.02 Å². The number of hydrogen-bond donors (Lipinski definition) is 0. The first-order valence-electron chi connectivity index (χ1n) is 9.16. The summed E-state index contributed by atoms with van der Waals surface area (Å²) in [7, 11) is 2.24. The van der Waals surface area contributed by atoms with Crippen LogP contribution in [0.2, 0.25) is 5.02 Å². The van der Waals surface area contributed by atoms with Gasteiger partial charge in [0.05, 0.1) is 5.41 Å². The minimum Gasteiger partial charge on any atom is -0.346 e. The standard InChI is InChI=1S/C23H22ClN/c1-15-13-14-23(16-7-8-16,17-9-11-18(24)12-10-17)22-21(15)19-5-3-4-6-20(19)25(22)2/h3-6,9-16H,7-8H2,1-2H3. The maximum Gasteiger partial charge on any atom is 0.0566 e. The van der Waals surface area contributed by atoms with Crippen molar-refractivity contribution in [1.82, 2.24) is 4.57 Å². The second-order valence-corrected chi connectivity index (χ2v) is 8.07. The number of nitrogens with zero attached hydrogens (tertiary/aromatic N) is 1. The molecule has 5 rings (SSSR count). The second-order valence-electron chi connectivity index (χ2n) is 7.64. The first-order chi connectivity index (χ1) is 12.1. The largest absolute Gasteiger partial charge is 0.346 e. The molecule has 2 heteroatoms. The van der Waals surface area contributed by atoms with Gasteiger partial charge in [-0.25, -0.2) is 0 Å². The molecule has 2 aromatic carbocycles. The number of para-hydroxylation sites is 1. The minimum absolute atomic E-state index is 0.0276. The molecule has 2 aliphatic rings. The fourth-order valence-electron chi connectivity index (χ4n) is 4.92. The fourth-order valence-corrected chi connectivity index (χ4v) is 5.04. The SMILES string of the molecule is CC1C=CC(c2ccc(Cl)cc2)(C2CC2)c2c1c1ccccc1n2C. The van der Waals surface area contributed by atoms with Gasteiger partial charge in [0.1, 0.15) is 0 Å². The van der Waals surface area contributed by atoms with Crippen LogP contribution in [0.1, 0.15) is 42.5 Å². The van der Waals surface area contributed by atoms with Crippen molar-refractivity contribution in [1.29, 1.82) is 0 Å². The molecule has 0 radical (unpaired) electrons. The maximum absolute atomic E-state index is 6.19. The molecule has 2 atom stereocenters. The zero-order valence-electron chi connectivity index (χ0n) is 14.7. The van der Waals surface area contributed by atoms with Crippen molar-refractivity contribution >= 4 is 22.5 Å². The lowest BCUT2D eigenvalue weighted by Gasteiger charge is -2.38. The van der Waals surface area contributed by atoms with Crippen LogP contribution in [-0.4, -0.2) is 4.57 Å². The number of aromatic nitrogens is 1. The lowest BCUT2D eigenvalue weighted by molar-refractivity contribution is 0.504. The van der Waals surface area contributed by atoms with Gasteiger partial charge in [-0.15, -0.1) is 0 Å². The van der Waals surface area contributed by atoms with Gasteiger partial charge in [-0.3, -0.25) is 0 Å². The Labute approximate surface area is 153 Å². The van der Waals surface area contributed by atoms with Crippen LogP contribution < -0.4 is 0 Å². The number of hydrogen-bond acceptors (Lipinski definition) is 0. The number of aryl methyl sites for hydroxylation is 1. The van der Waals surface area contributed by atoms with Crippen LogP contribution in [0.5, 0.6) is 0 Å². The molecular formula is C23H22ClN. The molecule has 0 bridgehead atoms. The van der Waals surface area contributed by atoms with Crippen LogP contribution in [0.25, 0.3) is 10.9 Å². The number of benzene rings is 2. The first-order valence-corrected chi connectivity index (χ1v) is 9.54. The Morgan fingerprint density at radius 3 is 2.48 bits per heavy atom. The van der Waals surface area contributed by atoms with Crippen molar-refractivity contribution in [2.45, 2.75) is 31.1 Å². The monoisotopic (exact) mass is 347 g/mol. The van der Waals surface area contributed by atoms with E-state index in [1.54, 1.807) is 0 Å². The number of halogens is 1. The average Bonchev–Trinajstić information content (AvgIpc) is 3.43. The second kappa shape index (κ2) is 5.25. The molecule has 25 heavy (non-hydrogen) atoms. The summed E-state index contributed by atoms with van der Waals surface area (Å²) < 4.78 is 2.44. The van der Waals surface area contributed by atoms with Gasteiger partial charge in [0, 0.05) is 34.6 Å². The van der Waals surface area contributed by atoms with E-state index in [-0.39, 0.29) is 5.41 Å². The Bertz CT molecular complexity index is 991. The number of rotatable bonds is 2. The van der Waals surface area contributed by atoms with E-state index in [2.05, 4.69) is 67.1 Å². The third-order valence-electron chi connectivity index (χ3n) is 6.18. The summed E-state index contributed by atoms with van der Waals surface area (Å²) in [5.41, 5.74) is 5.66. The van der Waals surface area contributed by atoms with Crippen molar-refractivity contribution in [2.24, 2.45) is 13.0 Å². The van der Waals surface area contributed by atoms with Gasteiger partial charge < -0.3 is 4.57 Å². The summed E-state index contributed by atoms with van der Waals surface area (Å²) in [5.74, 6) is 1.12. The summed E-state index contributed by atoms with van der Waals surface area (Å²) in [5, 5.41) is 2.20. The van der Waals surface area contributed by atoms with Gasteiger partial charge >= 0.3 is 0 Å². The zero-order valence-corrected chi connectivity index (χ0v) is 15.4. The Hall–Kier alpha value is -1.99. The Morgan fingerprint density at radius 2 is 1.76 bits per heavy atom. The topological polar surface area (TPSA) is 4.93 Å². The molecule has 1 fully saturated rings. The molecule has 0 saturated heterocycles. The fraction of sp³-hybridized carbons (Fsp3) is 0.304. The average molecular weight is 348 g/mol. The zero-order chi connectivity index (χ0) is 17.2. The van der Waals surface area contributed by atoms with Crippen molar-refractivity contribution in [3.8, 4) is 0 Å². The lowest BCUT2D eigenvalue weighted by Crippen LogP contribution is -2.34. The predicted molar refractivity (Wildman–Crippen MR) is 105 cm³/mol. The molecule has 1 nitrogen and oxygen atoms in total. The minimum atomic E-state index is -0.0276. The smallest absolute Gasteiger partial charge is 0.0566 e. The van der Waals surface area contributed by atoms with Crippen molar-refractivity contribution in [2.75, 3.05) is 0 Å². The van der Waals surface area contributed by atoms with Crippen molar-refractivity contribution < 1.29 is 0 Å². The number of allylic oxidation sites excluding steroid dienone is 2. The third kappa shape index (κ3) is 2.02. The molecule has 1 heterocycles. The highest BCUT2D eigenvalue weighted by Gasteiger charge is 2.50. The van der Waals surface area contributed by atoms with Crippen LogP contribution in [0.4, 0.5) is 0 Å². The Morgan fingerprint density at radius 1 is 1.04 bits per heavy atom. The summed E-state index contributed by atoms with van der Waals surface area (Å²) in [6.07, 6.45) is 7.49. The van der Waals surface area contributed by atoms with Gasteiger partial charge in [-0.2, -0.15) is 0 Å². The number of fused-ring (bicyclic) bond motifs is 3. The van der Waals surface area contributed by atoms with E-state index in [4.69, 9.17) is 11.6 Å². The molecule has 0 amide bonds. The van der Waals surface area contributed by atoms with Crippen LogP contribution in [-0.2, 0) is 12.5 Å². The van der Waals surface area contributed by atoms with Gasteiger partial charge in [-0.05, 0) is 48.1 Å². The van der Waals surface area contributed by atoms with E-state index >= 15 is 0 Å². The predicted octanol–water partition coefficient (Wildman–Crippen LogP) is 6.20. The summed E-state index contributed by atoms with van der Waals surface area (Å²) in [6.45, 7) is 2.32. The van der Waals surface area contributed by atoms with Crippen LogP contribution in [0.15, 0.2) is 60.7 Å². The van der Waals surface area contributed by atoms with E-state index in [9.17, 15) is 0 Å². The van der Waals surface area contributed by atoms with Crippen LogP contribution in [0, 0.1) is 5.92 Å². The first kappa shape index (κ1) is 15.3. The molecule has 1 aromatic heterocycles. The highest BCUT2D eigenvalue weighted by atomic mass is 35.5. The lowest BCUT2D eigenvalue weighted by atomic mass is 9.67. The van der Waals surface area contributed by atoms with E-state index in [0.29, 0.717) is 11.8 Å². The van der Waals surface area contributed by atoms with Crippen LogP contribution in [0.3, 0.4) is 0 Å². The summed E-state index contributed by atoms with van der Waals surface area (Å²) in [6, 6.07) is 17.4. The van der Waals surface area contributed by atoms with Gasteiger partial charge in [0.2, 0.25) is 0 Å².